The molecule has 0 bridgehead atoms. The molecule has 1 atom stereocenters. The number of benzene rings is 1. The largest absolute Gasteiger partial charge is 0.312 e. The molecule has 2 aromatic rings. The average molecular weight is 261 g/mol. The molecule has 0 amide bonds. The van der Waals surface area contributed by atoms with Crippen LogP contribution in [-0.4, -0.2) is 12.0 Å². The van der Waals surface area contributed by atoms with Gasteiger partial charge >= 0.3 is 0 Å². The van der Waals surface area contributed by atoms with Gasteiger partial charge in [0.1, 0.15) is 0 Å². The fourth-order valence-corrected chi connectivity index (χ4v) is 2.28. The summed E-state index contributed by atoms with van der Waals surface area (Å²) >= 11 is 6.18. The van der Waals surface area contributed by atoms with Crippen molar-refractivity contribution in [3.63, 3.8) is 0 Å². The molecule has 1 aromatic carbocycles. The zero-order valence-electron chi connectivity index (χ0n) is 10.4. The van der Waals surface area contributed by atoms with Gasteiger partial charge in [-0.1, -0.05) is 41.9 Å². The van der Waals surface area contributed by atoms with Crippen molar-refractivity contribution in [3.05, 3.63) is 64.9 Å². The highest BCUT2D eigenvalue weighted by molar-refractivity contribution is 6.31. The summed E-state index contributed by atoms with van der Waals surface area (Å²) in [6.07, 6.45) is 3.78. The Morgan fingerprint density at radius 2 is 1.94 bits per heavy atom. The van der Waals surface area contributed by atoms with Gasteiger partial charge in [-0.05, 0) is 37.6 Å². The molecule has 2 nitrogen and oxygen atoms in total. The predicted molar refractivity (Wildman–Crippen MR) is 75.8 cm³/mol. The first-order valence-corrected chi connectivity index (χ1v) is 6.50. The molecule has 1 heterocycles. The lowest BCUT2D eigenvalue weighted by atomic mass is 10.0. The van der Waals surface area contributed by atoms with Gasteiger partial charge in [-0.3, -0.25) is 4.98 Å². The first-order chi connectivity index (χ1) is 8.81. The Morgan fingerprint density at radius 3 is 2.61 bits per heavy atom. The van der Waals surface area contributed by atoms with Crippen LogP contribution >= 0.6 is 11.6 Å². The number of pyridine rings is 1. The van der Waals surface area contributed by atoms with Crippen LogP contribution in [0.15, 0.2) is 48.7 Å². The number of hydrogen-bond acceptors (Lipinski definition) is 2. The number of nitrogens with zero attached hydrogens (tertiary/aromatic N) is 1. The van der Waals surface area contributed by atoms with E-state index in [1.165, 1.54) is 5.56 Å². The van der Waals surface area contributed by atoms with Crippen molar-refractivity contribution in [2.24, 2.45) is 0 Å². The van der Waals surface area contributed by atoms with E-state index >= 15 is 0 Å². The minimum absolute atomic E-state index is 0.193. The maximum atomic E-state index is 6.18. The lowest BCUT2D eigenvalue weighted by molar-refractivity contribution is 0.536. The minimum Gasteiger partial charge on any atom is -0.312 e. The molecular weight excluding hydrogens is 244 g/mol. The second-order valence-electron chi connectivity index (χ2n) is 4.24. The van der Waals surface area contributed by atoms with Crippen LogP contribution in [0.4, 0.5) is 0 Å². The Labute approximate surface area is 113 Å². The highest BCUT2D eigenvalue weighted by atomic mass is 35.5. The van der Waals surface area contributed by atoms with E-state index in [0.717, 1.165) is 23.6 Å². The molecule has 0 fully saturated rings. The molecule has 0 aliphatic carbocycles. The smallest absolute Gasteiger partial charge is 0.0758 e. The normalized spacial score (nSPS) is 12.3. The Balaban J connectivity index is 2.04. The van der Waals surface area contributed by atoms with E-state index in [1.54, 1.807) is 6.20 Å². The summed E-state index contributed by atoms with van der Waals surface area (Å²) in [4.78, 5) is 4.37. The Bertz CT molecular complexity index is 485. The third-order valence-electron chi connectivity index (χ3n) is 3.03. The highest BCUT2D eigenvalue weighted by Crippen LogP contribution is 2.23. The molecule has 0 aliphatic rings. The second-order valence-corrected chi connectivity index (χ2v) is 4.64. The lowest BCUT2D eigenvalue weighted by Crippen LogP contribution is -2.18. The first kappa shape index (κ1) is 13.1. The van der Waals surface area contributed by atoms with Crippen molar-refractivity contribution in [1.29, 1.82) is 0 Å². The molecule has 0 saturated carbocycles. The van der Waals surface area contributed by atoms with E-state index in [-0.39, 0.29) is 6.04 Å². The van der Waals surface area contributed by atoms with Gasteiger partial charge in [-0.25, -0.2) is 0 Å². The van der Waals surface area contributed by atoms with Crippen molar-refractivity contribution in [2.45, 2.75) is 18.9 Å². The van der Waals surface area contributed by atoms with Crippen LogP contribution in [0.2, 0.25) is 5.02 Å². The molecule has 3 heteroatoms. The molecule has 0 aliphatic heterocycles. The van der Waals surface area contributed by atoms with Crippen LogP contribution in [0.3, 0.4) is 0 Å². The van der Waals surface area contributed by atoms with Crippen molar-refractivity contribution in [1.82, 2.24) is 10.3 Å². The zero-order valence-corrected chi connectivity index (χ0v) is 11.2. The standard InChI is InChI=1S/C15H17ClN2/c1-17-14(15-13(16)8-5-11-18-15)10-9-12-6-3-2-4-7-12/h2-8,11,14,17H,9-10H2,1H3. The summed E-state index contributed by atoms with van der Waals surface area (Å²) in [5.74, 6) is 0. The quantitative estimate of drug-likeness (QED) is 0.888. The zero-order chi connectivity index (χ0) is 12.8. The number of halogens is 1. The van der Waals surface area contributed by atoms with E-state index in [2.05, 4.69) is 34.6 Å². The number of hydrogen-bond donors (Lipinski definition) is 1. The van der Waals surface area contributed by atoms with E-state index < -0.39 is 0 Å². The molecule has 0 saturated heterocycles. The summed E-state index contributed by atoms with van der Waals surface area (Å²) in [6.45, 7) is 0. The second kappa shape index (κ2) is 6.53. The van der Waals surface area contributed by atoms with Crippen LogP contribution in [0, 0.1) is 0 Å². The number of aromatic nitrogens is 1. The monoisotopic (exact) mass is 260 g/mol. The maximum absolute atomic E-state index is 6.18. The molecule has 0 spiro atoms. The van der Waals surface area contributed by atoms with Gasteiger partial charge < -0.3 is 5.32 Å². The van der Waals surface area contributed by atoms with Crippen LogP contribution < -0.4 is 5.32 Å². The molecular formula is C15H17ClN2. The van der Waals surface area contributed by atoms with Crippen molar-refractivity contribution in [2.75, 3.05) is 7.05 Å². The summed E-state index contributed by atoms with van der Waals surface area (Å²) in [5, 5.41) is 4.01. The third kappa shape index (κ3) is 3.31. The maximum Gasteiger partial charge on any atom is 0.0758 e. The van der Waals surface area contributed by atoms with Crippen LogP contribution in [0.5, 0.6) is 0 Å². The van der Waals surface area contributed by atoms with E-state index in [0.29, 0.717) is 0 Å². The fourth-order valence-electron chi connectivity index (χ4n) is 2.03. The predicted octanol–water partition coefficient (Wildman–Crippen LogP) is 3.63. The van der Waals surface area contributed by atoms with Crippen LogP contribution in [0.25, 0.3) is 0 Å². The summed E-state index contributed by atoms with van der Waals surface area (Å²) in [7, 11) is 1.95. The Kier molecular flexibility index (Phi) is 4.73. The van der Waals surface area contributed by atoms with Crippen LogP contribution in [-0.2, 0) is 6.42 Å². The van der Waals surface area contributed by atoms with E-state index in [4.69, 9.17) is 11.6 Å². The van der Waals surface area contributed by atoms with Gasteiger partial charge in [0, 0.05) is 6.20 Å². The van der Waals surface area contributed by atoms with Gasteiger partial charge in [0.05, 0.1) is 16.8 Å². The van der Waals surface area contributed by atoms with Gasteiger partial charge in [0.25, 0.3) is 0 Å². The Morgan fingerprint density at radius 1 is 1.17 bits per heavy atom. The molecule has 1 unspecified atom stereocenters. The van der Waals surface area contributed by atoms with Gasteiger partial charge in [-0.2, -0.15) is 0 Å². The SMILES string of the molecule is CNC(CCc1ccccc1)c1ncccc1Cl. The first-order valence-electron chi connectivity index (χ1n) is 6.13. The molecule has 1 aromatic heterocycles. The minimum atomic E-state index is 0.193. The van der Waals surface area contributed by atoms with Gasteiger partial charge in [0.2, 0.25) is 0 Å². The van der Waals surface area contributed by atoms with E-state index in [9.17, 15) is 0 Å². The van der Waals surface area contributed by atoms with Gasteiger partial charge in [0.15, 0.2) is 0 Å². The summed E-state index contributed by atoms with van der Waals surface area (Å²) < 4.78 is 0. The summed E-state index contributed by atoms with van der Waals surface area (Å²) in [6, 6.07) is 14.4. The number of rotatable bonds is 5. The Hall–Kier alpha value is -1.38. The molecule has 2 rings (SSSR count). The van der Waals surface area contributed by atoms with E-state index in [1.807, 2.05) is 25.2 Å². The van der Waals surface area contributed by atoms with Crippen molar-refractivity contribution >= 4 is 11.6 Å². The van der Waals surface area contributed by atoms with Crippen LogP contribution in [0.1, 0.15) is 23.7 Å². The lowest BCUT2D eigenvalue weighted by Gasteiger charge is -2.16. The number of nitrogens with one attached hydrogen (secondary N) is 1. The molecule has 18 heavy (non-hydrogen) atoms. The average Bonchev–Trinajstić information content (AvgIpc) is 2.42. The summed E-state index contributed by atoms with van der Waals surface area (Å²) in [5.41, 5.74) is 2.27. The third-order valence-corrected chi connectivity index (χ3v) is 3.35. The fraction of sp³-hybridized carbons (Fsp3) is 0.267. The number of aryl methyl sites for hydroxylation is 1. The van der Waals surface area contributed by atoms with Crippen molar-refractivity contribution < 1.29 is 0 Å². The topological polar surface area (TPSA) is 24.9 Å². The van der Waals surface area contributed by atoms with Crippen molar-refractivity contribution in [3.8, 4) is 0 Å². The van der Waals surface area contributed by atoms with Gasteiger partial charge in [-0.15, -0.1) is 0 Å². The molecule has 1 N–H and O–H groups in total. The highest BCUT2D eigenvalue weighted by Gasteiger charge is 2.13. The molecule has 94 valence electrons. The molecule has 0 radical (unpaired) electrons.